The predicted octanol–water partition coefficient (Wildman–Crippen LogP) is 5.06. The molecule has 11 heteroatoms. The van der Waals surface area contributed by atoms with E-state index in [4.69, 9.17) is 32.0 Å². The first-order valence-corrected chi connectivity index (χ1v) is 15.7. The van der Waals surface area contributed by atoms with Crippen molar-refractivity contribution in [2.75, 3.05) is 25.1 Å². The zero-order valence-electron chi connectivity index (χ0n) is 24.9. The molecule has 6 rings (SSSR count). The summed E-state index contributed by atoms with van der Waals surface area (Å²) in [5.41, 5.74) is 10.5. The van der Waals surface area contributed by atoms with Crippen molar-refractivity contribution < 1.29 is 9.84 Å². The van der Waals surface area contributed by atoms with Crippen LogP contribution in [-0.4, -0.2) is 50.4 Å². The largest absolute Gasteiger partial charge is 0.390 e. The fraction of sp³-hybridized carbons (Fsp3) is 0.438. The quantitative estimate of drug-likeness (QED) is 0.292. The maximum absolute atomic E-state index is 13.4. The van der Waals surface area contributed by atoms with Crippen LogP contribution in [0, 0.1) is 12.3 Å². The molecule has 1 spiro atoms. The number of fused-ring (bicyclic) bond motifs is 2. The van der Waals surface area contributed by atoms with E-state index in [1.165, 1.54) is 33.8 Å². The van der Waals surface area contributed by atoms with Crippen molar-refractivity contribution in [1.29, 1.82) is 0 Å². The van der Waals surface area contributed by atoms with Crippen LogP contribution in [0.3, 0.4) is 0 Å². The second-order valence-corrected chi connectivity index (χ2v) is 13.7. The van der Waals surface area contributed by atoms with Gasteiger partial charge < -0.3 is 20.5 Å². The van der Waals surface area contributed by atoms with E-state index in [0.717, 1.165) is 38.0 Å². The Hall–Kier alpha value is -3.02. The fourth-order valence-corrected chi connectivity index (χ4v) is 7.65. The van der Waals surface area contributed by atoms with Crippen LogP contribution in [-0.2, 0) is 24.3 Å². The monoisotopic (exact) mass is 620 g/mol. The summed E-state index contributed by atoms with van der Waals surface area (Å²) in [5.74, 6) is 0.709. The Kier molecular flexibility index (Phi) is 8.02. The summed E-state index contributed by atoms with van der Waals surface area (Å²) >= 11 is 8.17. The Bertz CT molecular complexity index is 1750. The van der Waals surface area contributed by atoms with Crippen molar-refractivity contribution in [3.8, 4) is 0 Å². The van der Waals surface area contributed by atoms with E-state index < -0.39 is 5.60 Å². The van der Waals surface area contributed by atoms with Crippen molar-refractivity contribution in [2.45, 2.75) is 74.7 Å². The van der Waals surface area contributed by atoms with Gasteiger partial charge in [-0.15, -0.1) is 0 Å². The Balaban J connectivity index is 1.25. The Labute approximate surface area is 260 Å². The van der Waals surface area contributed by atoms with E-state index in [2.05, 4.69) is 34.1 Å². The van der Waals surface area contributed by atoms with Crippen molar-refractivity contribution >= 4 is 40.1 Å². The standard InChI is InChI=1S/C32H37ClN6O3S/c1-19-29(43-24-10-9-22-25(26(24)33)30(41)39(18-35-22)17-31(2,3)42-4)37-23(16-40)28(36-19)38-13-11-32(12-14-38)15-20-7-5-6-8-21(20)27(32)34/h5-10,18,27,40H,11-17,34H2,1-4H3/t27-/m1/s1. The lowest BCUT2D eigenvalue weighted by Crippen LogP contribution is -2.45. The number of nitrogens with zero attached hydrogens (tertiary/aromatic N) is 5. The number of methoxy groups -OCH3 is 1. The van der Waals surface area contributed by atoms with Crippen molar-refractivity contribution in [3.63, 3.8) is 0 Å². The van der Waals surface area contributed by atoms with Crippen LogP contribution in [0.1, 0.15) is 55.2 Å². The minimum atomic E-state index is -0.545. The average molecular weight is 621 g/mol. The molecule has 9 nitrogen and oxygen atoms in total. The van der Waals surface area contributed by atoms with E-state index in [0.29, 0.717) is 43.9 Å². The highest BCUT2D eigenvalue weighted by Crippen LogP contribution is 2.51. The zero-order valence-corrected chi connectivity index (χ0v) is 26.5. The highest BCUT2D eigenvalue weighted by atomic mass is 35.5. The number of hydrogen-bond acceptors (Lipinski definition) is 9. The summed E-state index contributed by atoms with van der Waals surface area (Å²) in [4.78, 5) is 30.5. The maximum atomic E-state index is 13.4. The molecule has 0 saturated carbocycles. The van der Waals surface area contributed by atoms with Crippen LogP contribution in [0.5, 0.6) is 0 Å². The molecule has 1 fully saturated rings. The van der Waals surface area contributed by atoms with E-state index in [1.54, 1.807) is 13.2 Å². The lowest BCUT2D eigenvalue weighted by molar-refractivity contribution is 0.00728. The maximum Gasteiger partial charge on any atom is 0.262 e. The second kappa shape index (κ2) is 11.5. The third-order valence-electron chi connectivity index (χ3n) is 9.08. The van der Waals surface area contributed by atoms with Gasteiger partial charge in [0.15, 0.2) is 5.82 Å². The minimum Gasteiger partial charge on any atom is -0.390 e. The summed E-state index contributed by atoms with van der Waals surface area (Å²) in [6, 6.07) is 12.2. The summed E-state index contributed by atoms with van der Waals surface area (Å²) in [7, 11) is 1.61. The number of aromatic nitrogens is 4. The molecule has 2 aromatic carbocycles. The molecule has 0 bridgehead atoms. The van der Waals surface area contributed by atoms with Gasteiger partial charge in [-0.3, -0.25) is 9.36 Å². The van der Waals surface area contributed by atoms with Gasteiger partial charge in [0.1, 0.15) is 10.7 Å². The van der Waals surface area contributed by atoms with Gasteiger partial charge in [0, 0.05) is 31.1 Å². The van der Waals surface area contributed by atoms with E-state index >= 15 is 0 Å². The van der Waals surface area contributed by atoms with Crippen molar-refractivity contribution in [3.05, 3.63) is 80.6 Å². The number of nitrogens with two attached hydrogens (primary N) is 1. The van der Waals surface area contributed by atoms with Gasteiger partial charge in [-0.1, -0.05) is 47.6 Å². The third kappa shape index (κ3) is 5.44. The number of benzene rings is 2. The molecule has 3 heterocycles. The summed E-state index contributed by atoms with van der Waals surface area (Å²) in [5, 5.41) is 11.6. The molecule has 2 aromatic heterocycles. The van der Waals surface area contributed by atoms with Crippen LogP contribution >= 0.6 is 23.4 Å². The lowest BCUT2D eigenvalue weighted by atomic mass is 9.73. The van der Waals surface area contributed by atoms with Crippen molar-refractivity contribution in [2.24, 2.45) is 11.1 Å². The molecule has 2 aliphatic rings. The number of ether oxygens (including phenoxy) is 1. The van der Waals surface area contributed by atoms with Crippen LogP contribution in [0.2, 0.25) is 5.02 Å². The van der Waals surface area contributed by atoms with Gasteiger partial charge in [0.2, 0.25) is 0 Å². The van der Waals surface area contributed by atoms with Crippen LogP contribution in [0.25, 0.3) is 10.9 Å². The van der Waals surface area contributed by atoms with Crippen molar-refractivity contribution in [1.82, 2.24) is 19.5 Å². The minimum absolute atomic E-state index is 0.0345. The molecule has 3 N–H and O–H groups in total. The molecule has 0 radical (unpaired) electrons. The van der Waals surface area contributed by atoms with Gasteiger partial charge in [-0.2, -0.15) is 0 Å². The molecule has 1 saturated heterocycles. The average Bonchev–Trinajstić information content (AvgIpc) is 3.27. The van der Waals surface area contributed by atoms with Gasteiger partial charge in [-0.05, 0) is 68.7 Å². The molecule has 0 unspecified atom stereocenters. The molecular formula is C32H37ClN6O3S. The number of aliphatic hydroxyl groups is 1. The topological polar surface area (TPSA) is 119 Å². The molecule has 1 atom stereocenters. The number of hydrogen-bond donors (Lipinski definition) is 2. The molecule has 43 heavy (non-hydrogen) atoms. The number of aliphatic hydroxyl groups excluding tert-OH is 1. The number of piperidine rings is 1. The first kappa shape index (κ1) is 30.0. The summed E-state index contributed by atoms with van der Waals surface area (Å²) < 4.78 is 7.03. The second-order valence-electron chi connectivity index (χ2n) is 12.3. The Morgan fingerprint density at radius 3 is 2.63 bits per heavy atom. The molecule has 0 amide bonds. The molecule has 226 valence electrons. The van der Waals surface area contributed by atoms with Gasteiger partial charge in [-0.25, -0.2) is 15.0 Å². The first-order chi connectivity index (χ1) is 20.6. The zero-order chi connectivity index (χ0) is 30.5. The molecule has 4 aromatic rings. The third-order valence-corrected chi connectivity index (χ3v) is 10.7. The number of aryl methyl sites for hydroxylation is 1. The normalized spacial score (nSPS) is 18.0. The van der Waals surface area contributed by atoms with Crippen LogP contribution < -0.4 is 16.2 Å². The van der Waals surface area contributed by atoms with E-state index in [1.807, 2.05) is 26.8 Å². The fourth-order valence-electron chi connectivity index (χ4n) is 6.41. The molecule has 1 aliphatic heterocycles. The smallest absolute Gasteiger partial charge is 0.262 e. The lowest BCUT2D eigenvalue weighted by Gasteiger charge is -2.43. The SMILES string of the molecule is COC(C)(C)Cn1cnc2ccc(Sc3nc(CO)c(N4CCC5(CC4)Cc4ccccc4[C@H]5N)nc3C)c(Cl)c2c1=O. The van der Waals surface area contributed by atoms with E-state index in [-0.39, 0.29) is 23.6 Å². The van der Waals surface area contributed by atoms with Gasteiger partial charge in [0.25, 0.3) is 5.56 Å². The predicted molar refractivity (Wildman–Crippen MR) is 170 cm³/mol. The number of rotatable bonds is 7. The van der Waals surface area contributed by atoms with Crippen LogP contribution in [0.4, 0.5) is 5.82 Å². The number of anilines is 1. The highest BCUT2D eigenvalue weighted by Gasteiger charge is 2.46. The highest BCUT2D eigenvalue weighted by molar-refractivity contribution is 7.99. The Morgan fingerprint density at radius 2 is 1.93 bits per heavy atom. The number of halogens is 1. The van der Waals surface area contributed by atoms with E-state index in [9.17, 15) is 9.90 Å². The van der Waals surface area contributed by atoms with Gasteiger partial charge >= 0.3 is 0 Å². The first-order valence-electron chi connectivity index (χ1n) is 14.5. The molecular weight excluding hydrogens is 584 g/mol. The van der Waals surface area contributed by atoms with Crippen LogP contribution in [0.15, 0.2) is 57.4 Å². The van der Waals surface area contributed by atoms with Gasteiger partial charge in [0.05, 0.1) is 46.7 Å². The molecule has 1 aliphatic carbocycles. The Morgan fingerprint density at radius 1 is 1.19 bits per heavy atom. The summed E-state index contributed by atoms with van der Waals surface area (Å²) in [6.07, 6.45) is 4.43. The summed E-state index contributed by atoms with van der Waals surface area (Å²) in [6.45, 7) is 7.42.